The summed E-state index contributed by atoms with van der Waals surface area (Å²) in [5.74, 6) is 0.892. The minimum Gasteiger partial charge on any atom is -0.361 e. The molecule has 19 heavy (non-hydrogen) atoms. The molecule has 5 heteroatoms. The highest BCUT2D eigenvalue weighted by Crippen LogP contribution is 2.12. The normalized spacial score (nSPS) is 11.2. The van der Waals surface area contributed by atoms with E-state index in [0.29, 0.717) is 0 Å². The van der Waals surface area contributed by atoms with Crippen LogP contribution in [0.5, 0.6) is 0 Å². The van der Waals surface area contributed by atoms with Crippen molar-refractivity contribution in [3.05, 3.63) is 34.5 Å². The molecule has 5 nitrogen and oxygen atoms in total. The van der Waals surface area contributed by atoms with Crippen molar-refractivity contribution in [2.45, 2.75) is 53.8 Å². The van der Waals surface area contributed by atoms with Crippen molar-refractivity contribution in [3.63, 3.8) is 0 Å². The van der Waals surface area contributed by atoms with Crippen molar-refractivity contribution in [3.8, 4) is 0 Å². The Bertz CT molecular complexity index is 522. The second-order valence-corrected chi connectivity index (χ2v) is 4.70. The van der Waals surface area contributed by atoms with Gasteiger partial charge in [-0.3, -0.25) is 4.68 Å². The molecule has 0 bridgehead atoms. The van der Waals surface area contributed by atoms with Crippen LogP contribution in [-0.4, -0.2) is 14.9 Å². The van der Waals surface area contributed by atoms with Crippen molar-refractivity contribution in [1.29, 1.82) is 0 Å². The third-order valence-electron chi connectivity index (χ3n) is 3.36. The summed E-state index contributed by atoms with van der Waals surface area (Å²) in [5, 5.41) is 11.9. The van der Waals surface area contributed by atoms with Gasteiger partial charge in [-0.25, -0.2) is 0 Å². The lowest BCUT2D eigenvalue weighted by Crippen LogP contribution is -2.16. The zero-order chi connectivity index (χ0) is 13.8. The minimum atomic E-state index is 0.775. The number of nitrogens with one attached hydrogen (secondary N) is 1. The van der Waals surface area contributed by atoms with E-state index in [0.717, 1.165) is 48.8 Å². The fourth-order valence-corrected chi connectivity index (χ4v) is 2.17. The van der Waals surface area contributed by atoms with Gasteiger partial charge in [-0.15, -0.1) is 0 Å². The zero-order valence-electron chi connectivity index (χ0n) is 12.2. The van der Waals surface area contributed by atoms with Gasteiger partial charge in [0.05, 0.1) is 17.1 Å². The van der Waals surface area contributed by atoms with Crippen LogP contribution in [0.3, 0.4) is 0 Å². The molecule has 0 amide bonds. The highest BCUT2D eigenvalue weighted by Gasteiger charge is 2.09. The maximum absolute atomic E-state index is 5.16. The molecule has 2 aromatic rings. The van der Waals surface area contributed by atoms with Crippen molar-refractivity contribution in [1.82, 2.24) is 20.3 Å². The molecule has 0 atom stereocenters. The molecule has 1 N–H and O–H groups in total. The van der Waals surface area contributed by atoms with Gasteiger partial charge in [0.1, 0.15) is 5.76 Å². The van der Waals surface area contributed by atoms with Crippen molar-refractivity contribution < 1.29 is 4.52 Å². The van der Waals surface area contributed by atoms with Crippen LogP contribution in [0, 0.1) is 13.8 Å². The summed E-state index contributed by atoms with van der Waals surface area (Å²) in [7, 11) is 0. The highest BCUT2D eigenvalue weighted by molar-refractivity contribution is 5.20. The Morgan fingerprint density at radius 1 is 1.26 bits per heavy atom. The summed E-state index contributed by atoms with van der Waals surface area (Å²) in [6.45, 7) is 10.7. The van der Waals surface area contributed by atoms with Crippen LogP contribution in [0.4, 0.5) is 0 Å². The van der Waals surface area contributed by atoms with E-state index in [1.807, 2.05) is 13.8 Å². The van der Waals surface area contributed by atoms with Gasteiger partial charge < -0.3 is 9.84 Å². The third kappa shape index (κ3) is 3.04. The van der Waals surface area contributed by atoms with E-state index in [-0.39, 0.29) is 0 Å². The maximum Gasteiger partial charge on any atom is 0.138 e. The van der Waals surface area contributed by atoms with Crippen LogP contribution in [0.25, 0.3) is 0 Å². The van der Waals surface area contributed by atoms with Crippen molar-refractivity contribution >= 4 is 0 Å². The van der Waals surface area contributed by atoms with Gasteiger partial charge in [-0.1, -0.05) is 12.1 Å². The first kappa shape index (κ1) is 13.8. The average molecular weight is 262 g/mol. The molecule has 0 saturated carbocycles. The molecule has 0 unspecified atom stereocenters. The topological polar surface area (TPSA) is 55.9 Å². The number of nitrogens with zero attached hydrogens (tertiary/aromatic N) is 3. The number of aryl methyl sites for hydroxylation is 4. The molecule has 0 aliphatic heterocycles. The van der Waals surface area contributed by atoms with Crippen molar-refractivity contribution in [2.24, 2.45) is 0 Å². The van der Waals surface area contributed by atoms with E-state index in [2.05, 4.69) is 40.2 Å². The van der Waals surface area contributed by atoms with E-state index in [4.69, 9.17) is 4.52 Å². The first-order chi connectivity index (χ1) is 9.15. The molecule has 0 spiro atoms. The number of hydrogen-bond donors (Lipinski definition) is 1. The largest absolute Gasteiger partial charge is 0.361 e. The molecule has 0 radical (unpaired) electrons. The summed E-state index contributed by atoms with van der Waals surface area (Å²) < 4.78 is 7.21. The molecule has 2 aromatic heterocycles. The van der Waals surface area contributed by atoms with Gasteiger partial charge >= 0.3 is 0 Å². The average Bonchev–Trinajstić information content (AvgIpc) is 2.96. The van der Waals surface area contributed by atoms with Crippen LogP contribution in [0.2, 0.25) is 0 Å². The van der Waals surface area contributed by atoms with Crippen LogP contribution >= 0.6 is 0 Å². The Morgan fingerprint density at radius 3 is 2.63 bits per heavy atom. The van der Waals surface area contributed by atoms with Crippen LogP contribution in [0.1, 0.15) is 42.3 Å². The molecule has 0 saturated heterocycles. The number of hydrogen-bond acceptors (Lipinski definition) is 4. The van der Waals surface area contributed by atoms with Gasteiger partial charge in [-0.2, -0.15) is 5.10 Å². The van der Waals surface area contributed by atoms with E-state index in [9.17, 15) is 0 Å². The van der Waals surface area contributed by atoms with Crippen LogP contribution in [-0.2, 0) is 26.1 Å². The van der Waals surface area contributed by atoms with Crippen molar-refractivity contribution in [2.75, 3.05) is 0 Å². The summed E-state index contributed by atoms with van der Waals surface area (Å²) in [6, 6.07) is 2.17. The third-order valence-corrected chi connectivity index (χ3v) is 3.36. The predicted molar refractivity (Wildman–Crippen MR) is 73.8 cm³/mol. The second kappa shape index (κ2) is 6.02. The SMILES string of the molecule is CCc1cc(CNCc2c(C)noc2C)n(CC)n1. The molecule has 2 rings (SSSR count). The molecule has 104 valence electrons. The fourth-order valence-electron chi connectivity index (χ4n) is 2.17. The molecule has 0 aromatic carbocycles. The first-order valence-electron chi connectivity index (χ1n) is 6.83. The predicted octanol–water partition coefficient (Wildman–Crippen LogP) is 2.36. The summed E-state index contributed by atoms with van der Waals surface area (Å²) in [6.07, 6.45) is 0.976. The van der Waals surface area contributed by atoms with Crippen LogP contribution in [0.15, 0.2) is 10.6 Å². The first-order valence-corrected chi connectivity index (χ1v) is 6.83. The van der Waals surface area contributed by atoms with Gasteiger partial charge in [0, 0.05) is 25.2 Å². The van der Waals surface area contributed by atoms with Gasteiger partial charge in [0.25, 0.3) is 0 Å². The summed E-state index contributed by atoms with van der Waals surface area (Å²) in [5.41, 5.74) is 4.49. The standard InChI is InChI=1S/C14H22N4O/c1-5-12-7-13(18(6-2)16-12)8-15-9-14-10(3)17-19-11(14)4/h7,15H,5-6,8-9H2,1-4H3. The van der Waals surface area contributed by atoms with E-state index in [1.54, 1.807) is 0 Å². The molecular formula is C14H22N4O. The second-order valence-electron chi connectivity index (χ2n) is 4.70. The Kier molecular flexibility index (Phi) is 4.37. The highest BCUT2D eigenvalue weighted by atomic mass is 16.5. The molecule has 0 aliphatic carbocycles. The van der Waals surface area contributed by atoms with E-state index in [1.165, 1.54) is 5.69 Å². The lowest BCUT2D eigenvalue weighted by molar-refractivity contribution is 0.391. The molecule has 0 aliphatic rings. The minimum absolute atomic E-state index is 0.775. The van der Waals surface area contributed by atoms with Gasteiger partial charge in [-0.05, 0) is 33.3 Å². The summed E-state index contributed by atoms with van der Waals surface area (Å²) in [4.78, 5) is 0. The van der Waals surface area contributed by atoms with Crippen LogP contribution < -0.4 is 5.32 Å². The quantitative estimate of drug-likeness (QED) is 0.868. The molecule has 2 heterocycles. The molecular weight excluding hydrogens is 240 g/mol. The van der Waals surface area contributed by atoms with E-state index >= 15 is 0 Å². The molecule has 0 fully saturated rings. The Hall–Kier alpha value is -1.62. The summed E-state index contributed by atoms with van der Waals surface area (Å²) >= 11 is 0. The lowest BCUT2D eigenvalue weighted by Gasteiger charge is -2.06. The Balaban J connectivity index is 1.97. The number of rotatable bonds is 6. The maximum atomic E-state index is 5.16. The number of aromatic nitrogens is 3. The Labute approximate surface area is 114 Å². The lowest BCUT2D eigenvalue weighted by atomic mass is 10.2. The van der Waals surface area contributed by atoms with Gasteiger partial charge in [0.15, 0.2) is 0 Å². The Morgan fingerprint density at radius 2 is 2.05 bits per heavy atom. The fraction of sp³-hybridized carbons (Fsp3) is 0.571. The smallest absolute Gasteiger partial charge is 0.138 e. The van der Waals surface area contributed by atoms with Gasteiger partial charge in [0.2, 0.25) is 0 Å². The monoisotopic (exact) mass is 262 g/mol. The zero-order valence-corrected chi connectivity index (χ0v) is 12.2. The van der Waals surface area contributed by atoms with E-state index < -0.39 is 0 Å².